The second-order valence-electron chi connectivity index (χ2n) is 4.85. The largest absolute Gasteiger partial charge is 0.321 e. The van der Waals surface area contributed by atoms with Crippen LogP contribution in [0.4, 0.5) is 5.13 Å². The maximum Gasteiger partial charge on any atom is 0.249 e. The highest BCUT2D eigenvalue weighted by Gasteiger charge is 2.34. The number of aromatic nitrogens is 1. The highest BCUT2D eigenvalue weighted by Crippen LogP contribution is 2.29. The number of hydrogen-bond donors (Lipinski definition) is 1. The molecule has 1 aliphatic heterocycles. The Hall–Kier alpha value is -1.31. The minimum atomic E-state index is -0.423. The average Bonchev–Trinajstić information content (AvgIpc) is 3.11. The minimum Gasteiger partial charge on any atom is -0.321 e. The number of amides is 2. The molecule has 3 rings (SSSR count). The molecule has 0 radical (unpaired) electrons. The molecule has 0 saturated carbocycles. The zero-order valence-electron chi connectivity index (χ0n) is 11.8. The summed E-state index contributed by atoms with van der Waals surface area (Å²) >= 11 is 8.92. The first-order valence-corrected chi connectivity index (χ1v) is 9.17. The molecule has 2 amide bonds. The van der Waals surface area contributed by atoms with Gasteiger partial charge in [-0.1, -0.05) is 29.9 Å². The fourth-order valence-electron chi connectivity index (χ4n) is 2.25. The number of rotatable bonds is 3. The van der Waals surface area contributed by atoms with Gasteiger partial charge in [0, 0.05) is 17.2 Å². The van der Waals surface area contributed by atoms with Gasteiger partial charge in [0.05, 0.1) is 16.1 Å². The van der Waals surface area contributed by atoms with E-state index in [1.807, 2.05) is 12.1 Å². The summed E-state index contributed by atoms with van der Waals surface area (Å²) in [5.74, 6) is 1.01. The van der Waals surface area contributed by atoms with Gasteiger partial charge in [0.1, 0.15) is 6.04 Å². The Kier molecular flexibility index (Phi) is 4.56. The Morgan fingerprint density at radius 3 is 3.09 bits per heavy atom. The van der Waals surface area contributed by atoms with Crippen LogP contribution >= 0.6 is 34.7 Å². The third-order valence-electron chi connectivity index (χ3n) is 3.39. The molecule has 1 atom stereocenters. The maximum absolute atomic E-state index is 12.4. The molecule has 1 N–H and O–H groups in total. The zero-order valence-corrected chi connectivity index (χ0v) is 14.2. The molecule has 1 aromatic heterocycles. The molecule has 116 valence electrons. The van der Waals surface area contributed by atoms with E-state index in [0.29, 0.717) is 28.2 Å². The van der Waals surface area contributed by atoms with Crippen molar-refractivity contribution in [2.45, 2.75) is 19.4 Å². The lowest BCUT2D eigenvalue weighted by Gasteiger charge is -2.21. The first-order valence-electron chi connectivity index (χ1n) is 6.82. The van der Waals surface area contributed by atoms with Crippen LogP contribution in [0.3, 0.4) is 0 Å². The highest BCUT2D eigenvalue weighted by molar-refractivity contribution is 7.99. The SMILES string of the molecule is CCC(=O)N1CSCC1C(=O)Nc1nc2ccc(Cl)cc2s1. The molecule has 0 bridgehead atoms. The van der Waals surface area contributed by atoms with Crippen LogP contribution < -0.4 is 5.32 Å². The summed E-state index contributed by atoms with van der Waals surface area (Å²) < 4.78 is 0.921. The smallest absolute Gasteiger partial charge is 0.249 e. The van der Waals surface area contributed by atoms with E-state index in [0.717, 1.165) is 10.2 Å². The highest BCUT2D eigenvalue weighted by atomic mass is 35.5. The molecule has 5 nitrogen and oxygen atoms in total. The van der Waals surface area contributed by atoms with Crippen LogP contribution in [0.1, 0.15) is 13.3 Å². The number of halogens is 1. The summed E-state index contributed by atoms with van der Waals surface area (Å²) in [6.45, 7) is 1.80. The van der Waals surface area contributed by atoms with Crippen LogP contribution in [0.2, 0.25) is 5.02 Å². The van der Waals surface area contributed by atoms with Gasteiger partial charge in [-0.2, -0.15) is 0 Å². The van der Waals surface area contributed by atoms with Crippen LogP contribution in [-0.4, -0.2) is 39.4 Å². The monoisotopic (exact) mass is 355 g/mol. The summed E-state index contributed by atoms with van der Waals surface area (Å²) in [7, 11) is 0. The molecule has 1 aromatic carbocycles. The standard InChI is InChI=1S/C14H14ClN3O2S2/c1-2-12(19)18-7-21-6-10(18)13(20)17-14-16-9-4-3-8(15)5-11(9)22-14/h3-5,10H,2,6-7H2,1H3,(H,16,17,20). The van der Waals surface area contributed by atoms with Crippen molar-refractivity contribution in [1.82, 2.24) is 9.88 Å². The normalized spacial score (nSPS) is 17.9. The third-order valence-corrected chi connectivity index (χ3v) is 5.57. The molecule has 2 aromatic rings. The van der Waals surface area contributed by atoms with Crippen molar-refractivity contribution in [2.24, 2.45) is 0 Å². The van der Waals surface area contributed by atoms with Gasteiger partial charge in [-0.3, -0.25) is 9.59 Å². The van der Waals surface area contributed by atoms with Crippen molar-refractivity contribution in [3.63, 3.8) is 0 Å². The molecule has 0 spiro atoms. The lowest BCUT2D eigenvalue weighted by molar-refractivity contribution is -0.135. The van der Waals surface area contributed by atoms with Crippen LogP contribution in [0, 0.1) is 0 Å². The number of carbonyl (C=O) groups is 2. The van der Waals surface area contributed by atoms with Crippen LogP contribution in [0.5, 0.6) is 0 Å². The molecule has 8 heteroatoms. The van der Waals surface area contributed by atoms with Crippen molar-refractivity contribution < 1.29 is 9.59 Å². The lowest BCUT2D eigenvalue weighted by atomic mass is 10.2. The number of nitrogens with zero attached hydrogens (tertiary/aromatic N) is 2. The topological polar surface area (TPSA) is 62.3 Å². The minimum absolute atomic E-state index is 0.00114. The summed E-state index contributed by atoms with van der Waals surface area (Å²) in [6, 6.07) is 4.99. The van der Waals surface area contributed by atoms with Crippen molar-refractivity contribution in [2.75, 3.05) is 16.9 Å². The number of nitrogens with one attached hydrogen (secondary N) is 1. The summed E-state index contributed by atoms with van der Waals surface area (Å²) in [4.78, 5) is 30.3. The van der Waals surface area contributed by atoms with Crippen molar-refractivity contribution in [3.05, 3.63) is 23.2 Å². The molecular formula is C14H14ClN3O2S2. The summed E-state index contributed by atoms with van der Waals surface area (Å²) in [6.07, 6.45) is 0.407. The van der Waals surface area contributed by atoms with Crippen LogP contribution in [-0.2, 0) is 9.59 Å². The van der Waals surface area contributed by atoms with Crippen LogP contribution in [0.25, 0.3) is 10.2 Å². The quantitative estimate of drug-likeness (QED) is 0.918. The van der Waals surface area contributed by atoms with E-state index in [9.17, 15) is 9.59 Å². The number of benzene rings is 1. The van der Waals surface area contributed by atoms with E-state index in [2.05, 4.69) is 10.3 Å². The summed E-state index contributed by atoms with van der Waals surface area (Å²) in [5.41, 5.74) is 0.798. The molecule has 0 aliphatic carbocycles. The Labute approximate surface area is 141 Å². The zero-order chi connectivity index (χ0) is 15.7. The number of fused-ring (bicyclic) bond motifs is 1. The number of thioether (sulfide) groups is 1. The second kappa shape index (κ2) is 6.44. The number of carbonyl (C=O) groups excluding carboxylic acids is 2. The number of hydrogen-bond acceptors (Lipinski definition) is 5. The second-order valence-corrected chi connectivity index (χ2v) is 7.32. The Balaban J connectivity index is 1.76. The van der Waals surface area contributed by atoms with Gasteiger partial charge >= 0.3 is 0 Å². The van der Waals surface area contributed by atoms with Crippen molar-refractivity contribution in [3.8, 4) is 0 Å². The third kappa shape index (κ3) is 3.06. The predicted octanol–water partition coefficient (Wildman–Crippen LogP) is 3.20. The average molecular weight is 356 g/mol. The molecule has 1 saturated heterocycles. The molecule has 22 heavy (non-hydrogen) atoms. The van der Waals surface area contributed by atoms with Crippen LogP contribution in [0.15, 0.2) is 18.2 Å². The Morgan fingerprint density at radius 1 is 1.50 bits per heavy atom. The Morgan fingerprint density at radius 2 is 2.32 bits per heavy atom. The van der Waals surface area contributed by atoms with E-state index in [1.165, 1.54) is 11.3 Å². The molecule has 1 unspecified atom stereocenters. The van der Waals surface area contributed by atoms with Gasteiger partial charge in [-0.15, -0.1) is 11.8 Å². The fraction of sp³-hybridized carbons (Fsp3) is 0.357. The predicted molar refractivity (Wildman–Crippen MR) is 91.5 cm³/mol. The van der Waals surface area contributed by atoms with Crippen molar-refractivity contribution >= 4 is 61.9 Å². The maximum atomic E-state index is 12.4. The van der Waals surface area contributed by atoms with E-state index >= 15 is 0 Å². The van der Waals surface area contributed by atoms with E-state index in [4.69, 9.17) is 11.6 Å². The van der Waals surface area contributed by atoms with Gasteiger partial charge in [-0.25, -0.2) is 4.98 Å². The van der Waals surface area contributed by atoms with E-state index < -0.39 is 6.04 Å². The van der Waals surface area contributed by atoms with E-state index in [-0.39, 0.29) is 11.8 Å². The van der Waals surface area contributed by atoms with Gasteiger partial charge < -0.3 is 10.2 Å². The molecule has 1 fully saturated rings. The lowest BCUT2D eigenvalue weighted by Crippen LogP contribution is -2.44. The van der Waals surface area contributed by atoms with Gasteiger partial charge in [0.25, 0.3) is 0 Å². The number of thiazole rings is 1. The van der Waals surface area contributed by atoms with Crippen molar-refractivity contribution in [1.29, 1.82) is 0 Å². The first kappa shape index (κ1) is 15.6. The fourth-order valence-corrected chi connectivity index (χ4v) is 4.57. The summed E-state index contributed by atoms with van der Waals surface area (Å²) in [5, 5.41) is 3.99. The first-order chi connectivity index (χ1) is 10.6. The van der Waals surface area contributed by atoms with Gasteiger partial charge in [-0.05, 0) is 18.2 Å². The molecule has 1 aliphatic rings. The molecular weight excluding hydrogens is 342 g/mol. The van der Waals surface area contributed by atoms with E-state index in [1.54, 1.807) is 29.7 Å². The molecule has 2 heterocycles. The van der Waals surface area contributed by atoms with Gasteiger partial charge in [0.2, 0.25) is 11.8 Å². The van der Waals surface area contributed by atoms with Gasteiger partial charge in [0.15, 0.2) is 5.13 Å². The number of anilines is 1. The Bertz CT molecular complexity index is 734.